The number of likely N-dealkylation sites (tertiary alicyclic amines) is 1. The normalized spacial score (nSPS) is 15.9. The average Bonchev–Trinajstić information content (AvgIpc) is 3.17. The third-order valence-electron chi connectivity index (χ3n) is 5.59. The lowest BCUT2D eigenvalue weighted by molar-refractivity contribution is 0.131. The molecule has 0 unspecified atom stereocenters. The number of benzene rings is 2. The molecule has 3 aromatic rings. The Morgan fingerprint density at radius 2 is 1.96 bits per heavy atom. The number of ether oxygens (including phenoxy) is 2. The number of hydrogen-bond donors (Lipinski definition) is 1. The molecule has 0 amide bonds. The first kappa shape index (κ1) is 19.0. The summed E-state index contributed by atoms with van der Waals surface area (Å²) in [6.45, 7) is 6.48. The van der Waals surface area contributed by atoms with E-state index < -0.39 is 0 Å². The minimum atomic E-state index is 0.521. The molecular formula is C23H29N3O2. The highest BCUT2D eigenvalue weighted by molar-refractivity contribution is 5.74. The van der Waals surface area contributed by atoms with Crippen LogP contribution in [0.5, 0.6) is 5.75 Å². The Balaban J connectivity index is 1.37. The highest BCUT2D eigenvalue weighted by Crippen LogP contribution is 2.29. The standard InChI is InChI=1S/C23H29N3O2/c1-3-28-16-19-14-17(8-9-22(19)27-2)15-26-12-10-18(11-13-26)23-24-20-6-4-5-7-21(20)25-23/h4-9,14,18H,3,10-13,15-16H2,1-2H3,(H,24,25). The number of nitrogens with zero attached hydrogens (tertiary/aromatic N) is 2. The third kappa shape index (κ3) is 4.21. The topological polar surface area (TPSA) is 50.4 Å². The summed E-state index contributed by atoms with van der Waals surface area (Å²) < 4.78 is 11.1. The minimum absolute atomic E-state index is 0.521. The van der Waals surface area contributed by atoms with Crippen LogP contribution in [0.2, 0.25) is 0 Å². The van der Waals surface area contributed by atoms with Gasteiger partial charge in [-0.05, 0) is 62.7 Å². The van der Waals surface area contributed by atoms with Gasteiger partial charge in [-0.15, -0.1) is 0 Å². The summed E-state index contributed by atoms with van der Waals surface area (Å²) >= 11 is 0. The van der Waals surface area contributed by atoms with Crippen LogP contribution in [0, 0.1) is 0 Å². The lowest BCUT2D eigenvalue weighted by Crippen LogP contribution is -2.32. The molecule has 0 spiro atoms. The van der Waals surface area contributed by atoms with Crippen LogP contribution in [0.3, 0.4) is 0 Å². The van der Waals surface area contributed by atoms with Crippen molar-refractivity contribution in [3.63, 3.8) is 0 Å². The van der Waals surface area contributed by atoms with Crippen LogP contribution in [-0.4, -0.2) is 41.7 Å². The van der Waals surface area contributed by atoms with Crippen LogP contribution in [0.4, 0.5) is 0 Å². The Labute approximate surface area is 166 Å². The SMILES string of the molecule is CCOCc1cc(CN2CCC(c3nc4ccccc4[nH]3)CC2)ccc1OC. The molecule has 1 N–H and O–H groups in total. The first-order valence-corrected chi connectivity index (χ1v) is 10.2. The van der Waals surface area contributed by atoms with Crippen molar-refractivity contribution < 1.29 is 9.47 Å². The van der Waals surface area contributed by atoms with Crippen molar-refractivity contribution >= 4 is 11.0 Å². The number of piperidine rings is 1. The number of fused-ring (bicyclic) bond motifs is 1. The van der Waals surface area contributed by atoms with Gasteiger partial charge in [0.2, 0.25) is 0 Å². The summed E-state index contributed by atoms with van der Waals surface area (Å²) in [5, 5.41) is 0. The second kappa shape index (κ2) is 8.76. The fourth-order valence-electron chi connectivity index (χ4n) is 4.04. The Hall–Kier alpha value is -2.37. The predicted molar refractivity (Wildman–Crippen MR) is 112 cm³/mol. The summed E-state index contributed by atoms with van der Waals surface area (Å²) in [7, 11) is 1.72. The molecule has 2 heterocycles. The molecule has 0 bridgehead atoms. The smallest absolute Gasteiger partial charge is 0.124 e. The van der Waals surface area contributed by atoms with Gasteiger partial charge in [-0.25, -0.2) is 4.98 Å². The fraction of sp³-hybridized carbons (Fsp3) is 0.435. The number of hydrogen-bond acceptors (Lipinski definition) is 4. The number of imidazole rings is 1. The summed E-state index contributed by atoms with van der Waals surface area (Å²) in [5.74, 6) is 2.57. The molecule has 1 fully saturated rings. The van der Waals surface area contributed by atoms with E-state index >= 15 is 0 Å². The molecule has 0 atom stereocenters. The van der Waals surface area contributed by atoms with Crippen molar-refractivity contribution in [1.29, 1.82) is 0 Å². The van der Waals surface area contributed by atoms with Crippen LogP contribution in [-0.2, 0) is 17.9 Å². The van der Waals surface area contributed by atoms with Crippen molar-refractivity contribution in [2.75, 3.05) is 26.8 Å². The Morgan fingerprint density at radius 3 is 2.71 bits per heavy atom. The van der Waals surface area contributed by atoms with Crippen molar-refractivity contribution in [2.24, 2.45) is 0 Å². The summed E-state index contributed by atoms with van der Waals surface area (Å²) in [5.41, 5.74) is 4.65. The van der Waals surface area contributed by atoms with E-state index in [0.717, 1.165) is 60.6 Å². The van der Waals surface area contributed by atoms with Gasteiger partial charge < -0.3 is 14.5 Å². The summed E-state index contributed by atoms with van der Waals surface area (Å²) in [6.07, 6.45) is 2.28. The maximum Gasteiger partial charge on any atom is 0.124 e. The zero-order valence-electron chi connectivity index (χ0n) is 16.8. The molecule has 5 heteroatoms. The number of methoxy groups -OCH3 is 1. The van der Waals surface area contributed by atoms with E-state index in [9.17, 15) is 0 Å². The van der Waals surface area contributed by atoms with Crippen LogP contribution < -0.4 is 4.74 Å². The van der Waals surface area contributed by atoms with Gasteiger partial charge in [0.1, 0.15) is 11.6 Å². The van der Waals surface area contributed by atoms with Gasteiger partial charge in [-0.1, -0.05) is 18.2 Å². The highest BCUT2D eigenvalue weighted by Gasteiger charge is 2.23. The van der Waals surface area contributed by atoms with Gasteiger partial charge in [0.05, 0.1) is 24.8 Å². The Morgan fingerprint density at radius 1 is 1.14 bits per heavy atom. The van der Waals surface area contributed by atoms with Gasteiger partial charge in [-0.3, -0.25) is 4.90 Å². The largest absolute Gasteiger partial charge is 0.496 e. The van der Waals surface area contributed by atoms with E-state index in [-0.39, 0.29) is 0 Å². The van der Waals surface area contributed by atoms with Crippen LogP contribution in [0.15, 0.2) is 42.5 Å². The van der Waals surface area contributed by atoms with Crippen LogP contribution >= 0.6 is 0 Å². The molecule has 28 heavy (non-hydrogen) atoms. The Kier molecular flexibility index (Phi) is 5.93. The van der Waals surface area contributed by atoms with Gasteiger partial charge >= 0.3 is 0 Å². The number of aromatic nitrogens is 2. The van der Waals surface area contributed by atoms with Crippen molar-refractivity contribution in [3.8, 4) is 5.75 Å². The van der Waals surface area contributed by atoms with Crippen LogP contribution in [0.25, 0.3) is 11.0 Å². The molecule has 1 aliphatic heterocycles. The number of H-pyrrole nitrogens is 1. The van der Waals surface area contributed by atoms with Gasteiger partial charge in [-0.2, -0.15) is 0 Å². The average molecular weight is 380 g/mol. The summed E-state index contributed by atoms with van der Waals surface area (Å²) in [4.78, 5) is 10.8. The molecule has 1 aliphatic rings. The van der Waals surface area contributed by atoms with Crippen molar-refractivity contribution in [3.05, 3.63) is 59.4 Å². The van der Waals surface area contributed by atoms with Gasteiger partial charge in [0.25, 0.3) is 0 Å². The molecule has 5 nitrogen and oxygen atoms in total. The molecule has 2 aromatic carbocycles. The first-order chi connectivity index (χ1) is 13.8. The number of aromatic amines is 1. The molecule has 1 aromatic heterocycles. The quantitative estimate of drug-likeness (QED) is 0.657. The molecule has 0 radical (unpaired) electrons. The second-order valence-electron chi connectivity index (χ2n) is 7.47. The lowest BCUT2D eigenvalue weighted by Gasteiger charge is -2.31. The predicted octanol–water partition coefficient (Wildman–Crippen LogP) is 4.49. The van der Waals surface area contributed by atoms with Gasteiger partial charge in [0.15, 0.2) is 0 Å². The maximum atomic E-state index is 5.59. The first-order valence-electron chi connectivity index (χ1n) is 10.2. The van der Waals surface area contributed by atoms with E-state index in [0.29, 0.717) is 19.1 Å². The molecular weight excluding hydrogens is 350 g/mol. The van der Waals surface area contributed by atoms with E-state index in [1.807, 2.05) is 13.0 Å². The van der Waals surface area contributed by atoms with Gasteiger partial charge in [0, 0.05) is 24.6 Å². The number of nitrogens with one attached hydrogen (secondary N) is 1. The van der Waals surface area contributed by atoms with E-state index in [1.54, 1.807) is 7.11 Å². The maximum absolute atomic E-state index is 5.59. The van der Waals surface area contributed by atoms with E-state index in [4.69, 9.17) is 14.5 Å². The zero-order chi connectivity index (χ0) is 19.3. The van der Waals surface area contributed by atoms with Crippen LogP contribution in [0.1, 0.15) is 42.6 Å². The fourth-order valence-corrected chi connectivity index (χ4v) is 4.04. The minimum Gasteiger partial charge on any atom is -0.496 e. The summed E-state index contributed by atoms with van der Waals surface area (Å²) in [6, 6.07) is 14.7. The molecule has 4 rings (SSSR count). The monoisotopic (exact) mass is 379 g/mol. The number of rotatable bonds is 7. The molecule has 0 aliphatic carbocycles. The zero-order valence-corrected chi connectivity index (χ0v) is 16.8. The van der Waals surface area contributed by atoms with Crippen molar-refractivity contribution in [2.45, 2.75) is 38.8 Å². The number of para-hydroxylation sites is 2. The lowest BCUT2D eigenvalue weighted by atomic mass is 9.95. The van der Waals surface area contributed by atoms with E-state index in [2.05, 4.69) is 46.3 Å². The molecule has 0 saturated carbocycles. The second-order valence-corrected chi connectivity index (χ2v) is 7.47. The third-order valence-corrected chi connectivity index (χ3v) is 5.59. The molecule has 148 valence electrons. The van der Waals surface area contributed by atoms with E-state index in [1.165, 1.54) is 5.56 Å². The Bertz CT molecular complexity index is 880. The van der Waals surface area contributed by atoms with Crippen molar-refractivity contribution in [1.82, 2.24) is 14.9 Å². The molecule has 1 saturated heterocycles. The highest BCUT2D eigenvalue weighted by atomic mass is 16.5.